The number of fused-ring (bicyclic) bond motifs is 2. The molecule has 6 heteroatoms. The number of aromatic hydroxyl groups is 1. The third-order valence-electron chi connectivity index (χ3n) is 8.79. The summed E-state index contributed by atoms with van der Waals surface area (Å²) >= 11 is 0. The monoisotopic (exact) mass is 553 g/mol. The summed E-state index contributed by atoms with van der Waals surface area (Å²) in [5, 5.41) is 34.2. The van der Waals surface area contributed by atoms with E-state index >= 15 is 0 Å². The van der Waals surface area contributed by atoms with Gasteiger partial charge in [-0.15, -0.1) is 0 Å². The van der Waals surface area contributed by atoms with Crippen molar-refractivity contribution in [3.05, 3.63) is 89.0 Å². The van der Waals surface area contributed by atoms with Crippen LogP contribution in [0.4, 0.5) is 5.69 Å². The molecule has 1 fully saturated rings. The number of rotatable bonds is 10. The standard InChI is InChI=1S/C35H39NO5/c1-3-10-24-20-28-33(35(41)36(34(28)40)25-11-6-5-7-12-25)29(21-37)32(24)31(39)17-15-22(4-2)19-23-16-18-30(38)27-14-9-8-13-26(23)27/h5-9,11-14,16,18-19,28-29,31,33,37-39H,3-4,10,15,17,20-21H2,1-2H3/b22-19+/t28-,29+,31-,33-/m1/s1. The summed E-state index contributed by atoms with van der Waals surface area (Å²) in [6.07, 6.45) is 5.21. The van der Waals surface area contributed by atoms with Crippen molar-refractivity contribution in [2.45, 2.75) is 58.5 Å². The fraction of sp³-hybridized carbons (Fsp3) is 0.371. The van der Waals surface area contributed by atoms with Crippen LogP contribution in [0.5, 0.6) is 5.75 Å². The molecule has 214 valence electrons. The van der Waals surface area contributed by atoms with E-state index in [1.807, 2.05) is 36.4 Å². The van der Waals surface area contributed by atoms with E-state index < -0.39 is 23.9 Å². The summed E-state index contributed by atoms with van der Waals surface area (Å²) < 4.78 is 0. The Morgan fingerprint density at radius 1 is 0.976 bits per heavy atom. The lowest BCUT2D eigenvalue weighted by Gasteiger charge is -2.36. The van der Waals surface area contributed by atoms with E-state index in [1.54, 1.807) is 30.3 Å². The van der Waals surface area contributed by atoms with E-state index in [4.69, 9.17) is 0 Å². The Morgan fingerprint density at radius 3 is 2.37 bits per heavy atom. The largest absolute Gasteiger partial charge is 0.507 e. The normalized spacial score (nSPS) is 22.0. The van der Waals surface area contributed by atoms with Crippen LogP contribution in [0.3, 0.4) is 0 Å². The molecule has 2 amide bonds. The summed E-state index contributed by atoms with van der Waals surface area (Å²) in [5.41, 5.74) is 4.47. The number of imide groups is 1. The number of para-hydroxylation sites is 1. The van der Waals surface area contributed by atoms with Crippen molar-refractivity contribution in [2.75, 3.05) is 11.5 Å². The van der Waals surface area contributed by atoms with Crippen LogP contribution in [0.15, 0.2) is 83.4 Å². The van der Waals surface area contributed by atoms with E-state index in [0.29, 0.717) is 24.9 Å². The van der Waals surface area contributed by atoms with Gasteiger partial charge in [0.25, 0.3) is 0 Å². The van der Waals surface area contributed by atoms with E-state index in [9.17, 15) is 24.9 Å². The van der Waals surface area contributed by atoms with Crippen molar-refractivity contribution in [3.63, 3.8) is 0 Å². The van der Waals surface area contributed by atoms with Crippen LogP contribution in [0.1, 0.15) is 57.9 Å². The van der Waals surface area contributed by atoms with E-state index in [0.717, 1.165) is 52.3 Å². The van der Waals surface area contributed by atoms with Gasteiger partial charge < -0.3 is 15.3 Å². The zero-order chi connectivity index (χ0) is 29.1. The summed E-state index contributed by atoms with van der Waals surface area (Å²) in [6.45, 7) is 3.86. The van der Waals surface area contributed by atoms with Gasteiger partial charge in [0.15, 0.2) is 0 Å². The number of hydrogen-bond donors (Lipinski definition) is 3. The molecule has 0 radical (unpaired) electrons. The van der Waals surface area contributed by atoms with Crippen LogP contribution < -0.4 is 4.90 Å². The third-order valence-corrected chi connectivity index (χ3v) is 8.79. The predicted molar refractivity (Wildman–Crippen MR) is 162 cm³/mol. The molecule has 41 heavy (non-hydrogen) atoms. The number of carbonyl (C=O) groups is 2. The second kappa shape index (κ2) is 12.4. The predicted octanol–water partition coefficient (Wildman–Crippen LogP) is 6.39. The number of benzene rings is 3. The summed E-state index contributed by atoms with van der Waals surface area (Å²) in [5.74, 6) is -2.06. The quantitative estimate of drug-likeness (QED) is 0.200. The highest BCUT2D eigenvalue weighted by molar-refractivity contribution is 6.22. The fourth-order valence-electron chi connectivity index (χ4n) is 6.81. The molecule has 0 bridgehead atoms. The first kappa shape index (κ1) is 28.8. The molecule has 0 aromatic heterocycles. The number of phenols is 1. The highest BCUT2D eigenvalue weighted by atomic mass is 16.3. The Balaban J connectivity index is 1.41. The number of allylic oxidation sites excluding steroid dienone is 2. The molecule has 4 atom stereocenters. The lowest BCUT2D eigenvalue weighted by Crippen LogP contribution is -2.39. The van der Waals surface area contributed by atoms with Gasteiger partial charge in [0.2, 0.25) is 11.8 Å². The second-order valence-corrected chi connectivity index (χ2v) is 11.2. The molecule has 1 heterocycles. The molecule has 3 aromatic carbocycles. The smallest absolute Gasteiger partial charge is 0.238 e. The lowest BCUT2D eigenvalue weighted by molar-refractivity contribution is -0.123. The number of anilines is 1. The van der Waals surface area contributed by atoms with Gasteiger partial charge in [-0.2, -0.15) is 0 Å². The molecule has 0 saturated carbocycles. The van der Waals surface area contributed by atoms with Crippen LogP contribution in [0.2, 0.25) is 0 Å². The molecule has 3 aromatic rings. The Bertz CT molecular complexity index is 1490. The van der Waals surface area contributed by atoms with Gasteiger partial charge in [0.1, 0.15) is 5.75 Å². The third kappa shape index (κ3) is 5.46. The summed E-state index contributed by atoms with van der Waals surface area (Å²) in [7, 11) is 0. The van der Waals surface area contributed by atoms with E-state index in [1.165, 1.54) is 4.90 Å². The minimum atomic E-state index is -0.824. The maximum atomic E-state index is 13.7. The van der Waals surface area contributed by atoms with Crippen LogP contribution in [-0.2, 0) is 9.59 Å². The van der Waals surface area contributed by atoms with Gasteiger partial charge in [0.05, 0.1) is 30.2 Å². The van der Waals surface area contributed by atoms with Crippen LogP contribution >= 0.6 is 0 Å². The Hall–Kier alpha value is -3.74. The summed E-state index contributed by atoms with van der Waals surface area (Å²) in [6, 6.07) is 20.3. The number of aliphatic hydroxyl groups is 2. The van der Waals surface area contributed by atoms with Gasteiger partial charge >= 0.3 is 0 Å². The summed E-state index contributed by atoms with van der Waals surface area (Å²) in [4.78, 5) is 28.4. The first-order chi connectivity index (χ1) is 19.9. The fourth-order valence-corrected chi connectivity index (χ4v) is 6.81. The number of hydrogen-bond acceptors (Lipinski definition) is 5. The van der Waals surface area contributed by atoms with Crippen molar-refractivity contribution in [2.24, 2.45) is 17.8 Å². The van der Waals surface area contributed by atoms with Crippen molar-refractivity contribution in [1.29, 1.82) is 0 Å². The van der Waals surface area contributed by atoms with Gasteiger partial charge in [0, 0.05) is 11.3 Å². The molecule has 0 unspecified atom stereocenters. The van der Waals surface area contributed by atoms with Crippen LogP contribution in [0.25, 0.3) is 16.8 Å². The minimum Gasteiger partial charge on any atom is -0.507 e. The molecular weight excluding hydrogens is 514 g/mol. The van der Waals surface area contributed by atoms with Crippen LogP contribution in [-0.4, -0.2) is 39.8 Å². The second-order valence-electron chi connectivity index (χ2n) is 11.2. The molecule has 1 saturated heterocycles. The van der Waals surface area contributed by atoms with Gasteiger partial charge in [-0.25, -0.2) is 0 Å². The maximum absolute atomic E-state index is 13.7. The number of phenolic OH excluding ortho intramolecular Hbond substituents is 1. The molecule has 5 rings (SSSR count). The maximum Gasteiger partial charge on any atom is 0.238 e. The Kier molecular flexibility index (Phi) is 8.71. The minimum absolute atomic E-state index is 0.218. The molecule has 0 spiro atoms. The molecule has 6 nitrogen and oxygen atoms in total. The Labute approximate surface area is 241 Å². The van der Waals surface area contributed by atoms with E-state index in [2.05, 4.69) is 19.9 Å². The number of nitrogens with zero attached hydrogens (tertiary/aromatic N) is 1. The number of carbonyl (C=O) groups excluding carboxylic acids is 2. The van der Waals surface area contributed by atoms with Crippen molar-refractivity contribution >= 4 is 34.4 Å². The first-order valence-electron chi connectivity index (χ1n) is 14.7. The van der Waals surface area contributed by atoms with Crippen molar-refractivity contribution in [1.82, 2.24) is 0 Å². The average Bonchev–Trinajstić information content (AvgIpc) is 3.25. The van der Waals surface area contributed by atoms with Crippen molar-refractivity contribution < 1.29 is 24.9 Å². The van der Waals surface area contributed by atoms with E-state index in [-0.39, 0.29) is 24.2 Å². The number of amides is 2. The molecule has 1 aliphatic heterocycles. The van der Waals surface area contributed by atoms with Gasteiger partial charge in [-0.3, -0.25) is 14.5 Å². The molecule has 1 aliphatic carbocycles. The SMILES string of the molecule is CCCC1=C([C@H](O)CC/C(=C/c2ccc(O)c3ccccc23)CC)[C@H](CO)[C@@H]2C(=O)N(c3ccccc3)C(=O)[C@@H]2C1. The van der Waals surface area contributed by atoms with Gasteiger partial charge in [-0.1, -0.05) is 86.0 Å². The Morgan fingerprint density at radius 2 is 1.68 bits per heavy atom. The number of aliphatic hydroxyl groups excluding tert-OH is 2. The lowest BCUT2D eigenvalue weighted by atomic mass is 9.67. The molecule has 2 aliphatic rings. The highest BCUT2D eigenvalue weighted by Gasteiger charge is 2.55. The highest BCUT2D eigenvalue weighted by Crippen LogP contribution is 2.48. The zero-order valence-corrected chi connectivity index (χ0v) is 23.8. The van der Waals surface area contributed by atoms with Crippen LogP contribution in [0, 0.1) is 17.8 Å². The van der Waals surface area contributed by atoms with Crippen molar-refractivity contribution in [3.8, 4) is 5.75 Å². The van der Waals surface area contributed by atoms with Gasteiger partial charge in [-0.05, 0) is 66.8 Å². The molecular formula is C35H39NO5. The zero-order valence-electron chi connectivity index (χ0n) is 23.8. The molecule has 3 N–H and O–H groups in total. The topological polar surface area (TPSA) is 98.1 Å². The average molecular weight is 554 g/mol. The first-order valence-corrected chi connectivity index (χ1v) is 14.7.